The minimum Gasteiger partial charge on any atom is -0.507 e. The van der Waals surface area contributed by atoms with Gasteiger partial charge in [0.05, 0.1) is 0 Å². The van der Waals surface area contributed by atoms with E-state index in [4.69, 9.17) is 10.5 Å². The smallest absolute Gasteiger partial charge is 0.124 e. The Hall–Kier alpha value is -1.35. The van der Waals surface area contributed by atoms with E-state index >= 15 is 0 Å². The van der Waals surface area contributed by atoms with Crippen molar-refractivity contribution in [2.24, 2.45) is 0 Å². The Kier molecular flexibility index (Phi) is 3.14. The van der Waals surface area contributed by atoms with Gasteiger partial charge in [0.25, 0.3) is 0 Å². The third-order valence-corrected chi connectivity index (χ3v) is 1.09. The molecule has 3 nitrogen and oxygen atoms in total. The second-order valence-corrected chi connectivity index (χ2v) is 1.70. The second-order valence-electron chi connectivity index (χ2n) is 1.70. The van der Waals surface area contributed by atoms with Crippen LogP contribution in [0.4, 0.5) is 0 Å². The Morgan fingerprint density at radius 3 is 2.30 bits per heavy atom. The maximum absolute atomic E-state index is 8.96. The van der Waals surface area contributed by atoms with Crippen LogP contribution in [-0.2, 0) is 5.48 Å². The van der Waals surface area contributed by atoms with Crippen molar-refractivity contribution >= 4 is 6.21 Å². The summed E-state index contributed by atoms with van der Waals surface area (Å²) in [5.74, 6) is 0.160. The van der Waals surface area contributed by atoms with Crippen LogP contribution in [0.1, 0.15) is 5.56 Å². The summed E-state index contributed by atoms with van der Waals surface area (Å²) in [5, 5.41) is 15.8. The first-order valence-electron chi connectivity index (χ1n) is 2.63. The van der Waals surface area contributed by atoms with Gasteiger partial charge in [0.2, 0.25) is 0 Å². The zero-order valence-electron chi connectivity index (χ0n) is 5.24. The van der Waals surface area contributed by atoms with E-state index in [2.05, 4.69) is 0 Å². The lowest BCUT2D eigenvalue weighted by molar-refractivity contribution is 0.474. The summed E-state index contributed by atoms with van der Waals surface area (Å²) < 4.78 is 0. The Balaban J connectivity index is 0.000000810. The van der Waals surface area contributed by atoms with E-state index in [0.29, 0.717) is 5.56 Å². The molecule has 1 aromatic carbocycles. The molecule has 0 aromatic heterocycles. The highest BCUT2D eigenvalue weighted by Crippen LogP contribution is 2.11. The largest absolute Gasteiger partial charge is 0.507 e. The van der Waals surface area contributed by atoms with Crippen molar-refractivity contribution < 1.29 is 10.6 Å². The van der Waals surface area contributed by atoms with Gasteiger partial charge in [-0.05, 0) is 12.1 Å². The number of nitrogens with one attached hydrogen (secondary N) is 1. The topological polar surface area (TPSA) is 72.6 Å². The maximum Gasteiger partial charge on any atom is 0.124 e. The minimum atomic E-state index is 0. The van der Waals surface area contributed by atoms with E-state index in [-0.39, 0.29) is 11.2 Å². The number of phenolic OH excluding ortho intramolecular Hbond substituents is 1. The third-order valence-electron chi connectivity index (χ3n) is 1.09. The van der Waals surface area contributed by atoms with Crippen LogP contribution in [0.5, 0.6) is 5.75 Å². The van der Waals surface area contributed by atoms with E-state index in [1.165, 1.54) is 0 Å². The van der Waals surface area contributed by atoms with Gasteiger partial charge in [0.15, 0.2) is 0 Å². The summed E-state index contributed by atoms with van der Waals surface area (Å²) in [6.45, 7) is 0. The summed E-state index contributed by atoms with van der Waals surface area (Å²) >= 11 is 0. The van der Waals surface area contributed by atoms with Crippen LogP contribution in [0.2, 0.25) is 0 Å². The van der Waals surface area contributed by atoms with E-state index in [9.17, 15) is 0 Å². The molecule has 3 heteroatoms. The molecule has 0 aliphatic carbocycles. The zero-order valence-corrected chi connectivity index (χ0v) is 5.24. The third kappa shape index (κ3) is 1.56. The van der Waals surface area contributed by atoms with Crippen LogP contribution in [0.3, 0.4) is 0 Å². The molecular formula is C7H7NO2. The molecule has 0 aliphatic heterocycles. The van der Waals surface area contributed by atoms with Gasteiger partial charge in [0.1, 0.15) is 5.75 Å². The molecule has 0 aliphatic rings. The van der Waals surface area contributed by atoms with Crippen molar-refractivity contribution in [3.63, 3.8) is 0 Å². The molecule has 0 unspecified atom stereocenters. The van der Waals surface area contributed by atoms with Crippen molar-refractivity contribution in [2.75, 3.05) is 0 Å². The van der Waals surface area contributed by atoms with Crippen LogP contribution >= 0.6 is 0 Å². The van der Waals surface area contributed by atoms with Gasteiger partial charge in [-0.15, -0.1) is 0 Å². The monoisotopic (exact) mass is 137 g/mol. The number of hydrogen-bond donors (Lipinski definition) is 2. The second kappa shape index (κ2) is 3.63. The van der Waals surface area contributed by atoms with E-state index < -0.39 is 0 Å². The molecule has 10 heavy (non-hydrogen) atoms. The lowest BCUT2D eigenvalue weighted by Gasteiger charge is -1.92. The summed E-state index contributed by atoms with van der Waals surface area (Å²) in [5.41, 5.74) is 0.553. The Morgan fingerprint density at radius 1 is 1.30 bits per heavy atom. The highest BCUT2D eigenvalue weighted by Gasteiger charge is 1.91. The number of rotatable bonds is 1. The number of para-hydroxylation sites is 1. The van der Waals surface area contributed by atoms with Crippen molar-refractivity contribution in [1.82, 2.24) is 0 Å². The predicted octanol–water partition coefficient (Wildman–Crippen LogP) is 1.27. The fourth-order valence-electron chi connectivity index (χ4n) is 0.610. The molecule has 1 rings (SSSR count). The van der Waals surface area contributed by atoms with Gasteiger partial charge < -0.3 is 10.5 Å². The lowest BCUT2D eigenvalue weighted by atomic mass is 10.2. The molecule has 0 heterocycles. The molecule has 0 saturated carbocycles. The molecule has 0 spiro atoms. The first-order valence-corrected chi connectivity index (χ1v) is 2.63. The van der Waals surface area contributed by atoms with E-state index in [1.54, 1.807) is 24.3 Å². The SMILES string of the molecule is N=Cc1ccccc1O.[O]. The molecule has 1 aromatic rings. The molecule has 0 fully saturated rings. The number of hydrogen-bond acceptors (Lipinski definition) is 2. The Labute approximate surface area is 58.8 Å². The lowest BCUT2D eigenvalue weighted by Crippen LogP contribution is -1.77. The first kappa shape index (κ1) is 8.65. The van der Waals surface area contributed by atoms with Crippen molar-refractivity contribution in [3.8, 4) is 5.75 Å². The van der Waals surface area contributed by atoms with Gasteiger partial charge >= 0.3 is 0 Å². The van der Waals surface area contributed by atoms with Gasteiger partial charge in [-0.25, -0.2) is 0 Å². The van der Waals surface area contributed by atoms with E-state index in [1.807, 2.05) is 0 Å². The minimum absolute atomic E-state index is 0. The highest BCUT2D eigenvalue weighted by molar-refractivity contribution is 5.80. The number of benzene rings is 1. The van der Waals surface area contributed by atoms with Crippen molar-refractivity contribution in [1.29, 1.82) is 5.41 Å². The van der Waals surface area contributed by atoms with Crippen LogP contribution < -0.4 is 0 Å². The molecule has 2 N–H and O–H groups in total. The summed E-state index contributed by atoms with van der Waals surface area (Å²) in [6.07, 6.45) is 1.12. The highest BCUT2D eigenvalue weighted by atomic mass is 16.3. The van der Waals surface area contributed by atoms with Gasteiger partial charge in [-0.2, -0.15) is 0 Å². The molecule has 0 amide bonds. The number of phenols is 1. The molecule has 0 atom stereocenters. The van der Waals surface area contributed by atoms with Crippen LogP contribution in [0, 0.1) is 5.41 Å². The van der Waals surface area contributed by atoms with Crippen molar-refractivity contribution in [3.05, 3.63) is 29.8 Å². The summed E-state index contributed by atoms with van der Waals surface area (Å²) in [6, 6.07) is 6.74. The van der Waals surface area contributed by atoms with Crippen LogP contribution in [0.15, 0.2) is 24.3 Å². The molecular weight excluding hydrogens is 130 g/mol. The van der Waals surface area contributed by atoms with Gasteiger partial charge in [-0.3, -0.25) is 0 Å². The van der Waals surface area contributed by atoms with E-state index in [0.717, 1.165) is 6.21 Å². The zero-order chi connectivity index (χ0) is 6.69. The summed E-state index contributed by atoms with van der Waals surface area (Å²) in [7, 11) is 0. The normalized spacial score (nSPS) is 8.00. The fraction of sp³-hybridized carbons (Fsp3) is 0. The maximum atomic E-state index is 8.96. The first-order chi connectivity index (χ1) is 4.34. The quantitative estimate of drug-likeness (QED) is 0.562. The van der Waals surface area contributed by atoms with Crippen LogP contribution in [-0.4, -0.2) is 11.3 Å². The average Bonchev–Trinajstić information content (AvgIpc) is 1.89. The van der Waals surface area contributed by atoms with Gasteiger partial charge in [0, 0.05) is 17.3 Å². The average molecular weight is 137 g/mol. The molecule has 52 valence electrons. The Morgan fingerprint density at radius 2 is 1.90 bits per heavy atom. The Bertz CT molecular complexity index is 223. The standard InChI is InChI=1S/C7H7NO.O/c8-5-6-3-1-2-4-7(6)9;/h1-5,8-9H;. The molecule has 2 radical (unpaired) electrons. The molecule has 0 bridgehead atoms. The predicted molar refractivity (Wildman–Crippen MR) is 36.7 cm³/mol. The number of aromatic hydroxyl groups is 1. The molecule has 0 saturated heterocycles. The van der Waals surface area contributed by atoms with Crippen LogP contribution in [0.25, 0.3) is 0 Å². The summed E-state index contributed by atoms with van der Waals surface area (Å²) in [4.78, 5) is 0. The fourth-order valence-corrected chi connectivity index (χ4v) is 0.610. The van der Waals surface area contributed by atoms with Crippen molar-refractivity contribution in [2.45, 2.75) is 0 Å². The van der Waals surface area contributed by atoms with Gasteiger partial charge in [-0.1, -0.05) is 12.1 Å².